The van der Waals surface area contributed by atoms with Gasteiger partial charge >= 0.3 is 0 Å². The van der Waals surface area contributed by atoms with Gasteiger partial charge in [0, 0.05) is 31.4 Å². The molecule has 1 aliphatic rings. The highest BCUT2D eigenvalue weighted by Gasteiger charge is 2.15. The predicted molar refractivity (Wildman–Crippen MR) is 106 cm³/mol. The van der Waals surface area contributed by atoms with Crippen LogP contribution in [0.15, 0.2) is 72.9 Å². The monoisotopic (exact) mass is 357 g/mol. The van der Waals surface area contributed by atoms with Crippen molar-refractivity contribution in [1.29, 1.82) is 0 Å². The molecule has 0 aliphatic carbocycles. The van der Waals surface area contributed by atoms with Crippen molar-refractivity contribution >= 4 is 5.91 Å². The number of rotatable bonds is 5. The molecule has 0 bridgehead atoms. The van der Waals surface area contributed by atoms with Crippen molar-refractivity contribution in [2.75, 3.05) is 6.54 Å². The Hall–Kier alpha value is -2.98. The number of nitrogens with zero attached hydrogens (tertiary/aromatic N) is 2. The van der Waals surface area contributed by atoms with Crippen LogP contribution in [0.5, 0.6) is 0 Å². The van der Waals surface area contributed by atoms with E-state index < -0.39 is 0 Å². The molecule has 0 fully saturated rings. The molecule has 1 aromatic heterocycles. The topological polar surface area (TPSA) is 45.2 Å². The summed E-state index contributed by atoms with van der Waals surface area (Å²) in [5, 5.41) is 2.92. The number of nitrogens with one attached hydrogen (secondary N) is 1. The lowest BCUT2D eigenvalue weighted by atomic mass is 9.99. The fourth-order valence-electron chi connectivity index (χ4n) is 3.48. The Balaban J connectivity index is 1.33. The highest BCUT2D eigenvalue weighted by Crippen LogP contribution is 2.20. The van der Waals surface area contributed by atoms with Crippen LogP contribution in [0.3, 0.4) is 0 Å². The Morgan fingerprint density at radius 2 is 1.74 bits per heavy atom. The van der Waals surface area contributed by atoms with Crippen LogP contribution < -0.4 is 5.32 Å². The van der Waals surface area contributed by atoms with E-state index in [1.54, 1.807) is 6.20 Å². The summed E-state index contributed by atoms with van der Waals surface area (Å²) in [5.41, 5.74) is 5.66. The zero-order valence-corrected chi connectivity index (χ0v) is 15.3. The first-order valence-electron chi connectivity index (χ1n) is 9.34. The lowest BCUT2D eigenvalue weighted by molar-refractivity contribution is 0.0950. The molecule has 0 atom stereocenters. The zero-order chi connectivity index (χ0) is 18.5. The van der Waals surface area contributed by atoms with Crippen molar-refractivity contribution in [3.8, 4) is 0 Å². The molecule has 0 saturated heterocycles. The second kappa shape index (κ2) is 8.14. The third kappa shape index (κ3) is 4.41. The van der Waals surface area contributed by atoms with Crippen LogP contribution in [0.2, 0.25) is 0 Å². The maximum Gasteiger partial charge on any atom is 0.251 e. The number of hydrogen-bond donors (Lipinski definition) is 1. The Morgan fingerprint density at radius 1 is 0.963 bits per heavy atom. The molecule has 27 heavy (non-hydrogen) atoms. The summed E-state index contributed by atoms with van der Waals surface area (Å²) in [6, 6.07) is 22.3. The van der Waals surface area contributed by atoms with Crippen LogP contribution >= 0.6 is 0 Å². The minimum Gasteiger partial charge on any atom is -0.346 e. The second-order valence-electron chi connectivity index (χ2n) is 6.93. The standard InChI is InChI=1S/C23H23N3O/c27-23(25-15-22-7-3-4-13-24-22)20-10-8-18(9-11-20)16-26-14-12-19-5-1-2-6-21(19)17-26/h1-11,13H,12,14-17H2,(H,25,27). The van der Waals surface area contributed by atoms with Crippen molar-refractivity contribution in [2.45, 2.75) is 26.1 Å². The number of benzene rings is 2. The van der Waals surface area contributed by atoms with E-state index in [2.05, 4.69) is 51.6 Å². The Morgan fingerprint density at radius 3 is 2.52 bits per heavy atom. The number of fused-ring (bicyclic) bond motifs is 1. The molecule has 1 N–H and O–H groups in total. The maximum atomic E-state index is 12.3. The largest absolute Gasteiger partial charge is 0.346 e. The Bertz CT molecular complexity index is 906. The molecular weight excluding hydrogens is 334 g/mol. The molecule has 4 heteroatoms. The third-order valence-corrected chi connectivity index (χ3v) is 4.99. The molecule has 2 heterocycles. The Kier molecular flexibility index (Phi) is 5.26. The van der Waals surface area contributed by atoms with Crippen molar-refractivity contribution < 1.29 is 4.79 Å². The van der Waals surface area contributed by atoms with Gasteiger partial charge in [-0.15, -0.1) is 0 Å². The fourth-order valence-corrected chi connectivity index (χ4v) is 3.48. The quantitative estimate of drug-likeness (QED) is 0.759. The summed E-state index contributed by atoms with van der Waals surface area (Å²) >= 11 is 0. The van der Waals surface area contributed by atoms with Gasteiger partial charge in [0.25, 0.3) is 5.91 Å². The van der Waals surface area contributed by atoms with Gasteiger partial charge in [0.05, 0.1) is 12.2 Å². The van der Waals surface area contributed by atoms with E-state index in [1.165, 1.54) is 16.7 Å². The van der Waals surface area contributed by atoms with Crippen molar-refractivity contribution in [3.63, 3.8) is 0 Å². The van der Waals surface area contributed by atoms with Crippen molar-refractivity contribution in [2.24, 2.45) is 0 Å². The molecule has 1 aliphatic heterocycles. The van der Waals surface area contributed by atoms with Gasteiger partial charge in [0.1, 0.15) is 0 Å². The molecule has 0 saturated carbocycles. The molecular formula is C23H23N3O. The van der Waals surface area contributed by atoms with E-state index in [0.29, 0.717) is 12.1 Å². The van der Waals surface area contributed by atoms with Crippen LogP contribution in [-0.2, 0) is 26.1 Å². The number of hydrogen-bond acceptors (Lipinski definition) is 3. The van der Waals surface area contributed by atoms with E-state index in [1.807, 2.05) is 30.3 Å². The molecule has 0 radical (unpaired) electrons. The molecule has 4 nitrogen and oxygen atoms in total. The van der Waals surface area contributed by atoms with E-state index in [9.17, 15) is 4.79 Å². The number of carbonyl (C=O) groups excluding carboxylic acids is 1. The summed E-state index contributed by atoms with van der Waals surface area (Å²) in [6.07, 6.45) is 2.83. The summed E-state index contributed by atoms with van der Waals surface area (Å²) in [7, 11) is 0. The summed E-state index contributed by atoms with van der Waals surface area (Å²) in [4.78, 5) is 19.0. The number of amides is 1. The fraction of sp³-hybridized carbons (Fsp3) is 0.217. The molecule has 1 amide bonds. The smallest absolute Gasteiger partial charge is 0.251 e. The van der Waals surface area contributed by atoms with Crippen LogP contribution in [0.1, 0.15) is 32.7 Å². The molecule has 4 rings (SSSR count). The van der Waals surface area contributed by atoms with Crippen molar-refractivity contribution in [3.05, 3.63) is 101 Å². The van der Waals surface area contributed by atoms with Crippen LogP contribution in [0, 0.1) is 0 Å². The first-order chi connectivity index (χ1) is 13.3. The number of pyridine rings is 1. The first kappa shape index (κ1) is 17.4. The van der Waals surface area contributed by atoms with Gasteiger partial charge in [-0.05, 0) is 47.4 Å². The number of carbonyl (C=O) groups is 1. The van der Waals surface area contributed by atoms with Gasteiger partial charge in [-0.1, -0.05) is 42.5 Å². The molecule has 3 aromatic rings. The zero-order valence-electron chi connectivity index (χ0n) is 15.3. The van der Waals surface area contributed by atoms with Crippen LogP contribution in [0.4, 0.5) is 0 Å². The lowest BCUT2D eigenvalue weighted by Crippen LogP contribution is -2.30. The molecule has 0 spiro atoms. The minimum atomic E-state index is -0.0703. The summed E-state index contributed by atoms with van der Waals surface area (Å²) < 4.78 is 0. The van der Waals surface area contributed by atoms with E-state index in [4.69, 9.17) is 0 Å². The Labute approximate surface area is 159 Å². The van der Waals surface area contributed by atoms with Crippen molar-refractivity contribution in [1.82, 2.24) is 15.2 Å². The van der Waals surface area contributed by atoms with Gasteiger partial charge in [-0.2, -0.15) is 0 Å². The highest BCUT2D eigenvalue weighted by atomic mass is 16.1. The van der Waals surface area contributed by atoms with Gasteiger partial charge < -0.3 is 5.32 Å². The second-order valence-corrected chi connectivity index (χ2v) is 6.93. The lowest BCUT2D eigenvalue weighted by Gasteiger charge is -2.28. The van der Waals surface area contributed by atoms with E-state index >= 15 is 0 Å². The first-order valence-corrected chi connectivity index (χ1v) is 9.34. The average Bonchev–Trinajstić information content (AvgIpc) is 2.73. The van der Waals surface area contributed by atoms with E-state index in [-0.39, 0.29) is 5.91 Å². The van der Waals surface area contributed by atoms with Gasteiger partial charge in [0.15, 0.2) is 0 Å². The SMILES string of the molecule is O=C(NCc1ccccn1)c1ccc(CN2CCc3ccccc3C2)cc1. The molecule has 0 unspecified atom stereocenters. The molecule has 136 valence electrons. The maximum absolute atomic E-state index is 12.3. The predicted octanol–water partition coefficient (Wildman–Crippen LogP) is 3.57. The normalized spacial score (nSPS) is 13.8. The average molecular weight is 357 g/mol. The van der Waals surface area contributed by atoms with Gasteiger partial charge in [-0.3, -0.25) is 14.7 Å². The van der Waals surface area contributed by atoms with Crippen LogP contribution in [0.25, 0.3) is 0 Å². The van der Waals surface area contributed by atoms with E-state index in [0.717, 1.165) is 31.7 Å². The summed E-state index contributed by atoms with van der Waals surface area (Å²) in [5.74, 6) is -0.0703. The van der Waals surface area contributed by atoms with Gasteiger partial charge in [0.2, 0.25) is 0 Å². The minimum absolute atomic E-state index is 0.0703. The van der Waals surface area contributed by atoms with Crippen LogP contribution in [-0.4, -0.2) is 22.3 Å². The summed E-state index contributed by atoms with van der Waals surface area (Å²) in [6.45, 7) is 3.41. The molecule has 2 aromatic carbocycles. The third-order valence-electron chi connectivity index (χ3n) is 4.99. The number of aromatic nitrogens is 1. The van der Waals surface area contributed by atoms with Gasteiger partial charge in [-0.25, -0.2) is 0 Å². The highest BCUT2D eigenvalue weighted by molar-refractivity contribution is 5.94.